The lowest BCUT2D eigenvalue weighted by atomic mass is 9.95. The van der Waals surface area contributed by atoms with E-state index in [1.165, 1.54) is 17.7 Å². The van der Waals surface area contributed by atoms with Crippen molar-refractivity contribution in [3.63, 3.8) is 0 Å². The van der Waals surface area contributed by atoms with Gasteiger partial charge in [-0.2, -0.15) is 0 Å². The fraction of sp³-hybridized carbons (Fsp3) is 0.200. The molecule has 0 spiro atoms. The van der Waals surface area contributed by atoms with Crippen molar-refractivity contribution in [3.8, 4) is 0 Å². The molecule has 0 aliphatic heterocycles. The lowest BCUT2D eigenvalue weighted by Crippen LogP contribution is -2.05. The summed E-state index contributed by atoms with van der Waals surface area (Å²) in [4.78, 5) is 15.4. The van der Waals surface area contributed by atoms with Crippen LogP contribution in [-0.2, 0) is 6.42 Å². The van der Waals surface area contributed by atoms with Gasteiger partial charge in [-0.3, -0.25) is 4.98 Å². The maximum atomic E-state index is 13.4. The summed E-state index contributed by atoms with van der Waals surface area (Å²) < 4.78 is 13.4. The molecule has 1 aromatic heterocycles. The second kappa shape index (κ2) is 4.46. The van der Waals surface area contributed by atoms with Gasteiger partial charge in [-0.15, -0.1) is 0 Å². The van der Waals surface area contributed by atoms with Gasteiger partial charge in [-0.25, -0.2) is 9.18 Å². The molecule has 3 rings (SSSR count). The van der Waals surface area contributed by atoms with Crippen LogP contribution in [0.4, 0.5) is 4.39 Å². The normalized spacial score (nSPS) is 17.2. The van der Waals surface area contributed by atoms with E-state index in [4.69, 9.17) is 5.11 Å². The highest BCUT2D eigenvalue weighted by atomic mass is 19.1. The van der Waals surface area contributed by atoms with Gasteiger partial charge in [-0.05, 0) is 42.2 Å². The van der Waals surface area contributed by atoms with E-state index >= 15 is 0 Å². The quantitative estimate of drug-likeness (QED) is 0.899. The molecular weight excluding hydrogens is 245 g/mol. The number of aromatic carboxylic acids is 1. The average molecular weight is 257 g/mol. The monoisotopic (exact) mass is 257 g/mol. The van der Waals surface area contributed by atoms with Crippen LogP contribution in [0.25, 0.3) is 0 Å². The number of carboxylic acid groups (broad SMARTS) is 1. The lowest BCUT2D eigenvalue weighted by molar-refractivity contribution is 0.0691. The molecule has 0 saturated carbocycles. The predicted octanol–water partition coefficient (Wildman–Crippen LogP) is 3.00. The molecule has 3 nitrogen and oxygen atoms in total. The number of carboxylic acids is 1. The van der Waals surface area contributed by atoms with Crippen molar-refractivity contribution < 1.29 is 14.3 Å². The molecule has 2 aromatic rings. The first-order valence-corrected chi connectivity index (χ1v) is 6.13. The Morgan fingerprint density at radius 2 is 2.21 bits per heavy atom. The Bertz CT molecular complexity index is 654. The molecule has 1 aromatic carbocycles. The van der Waals surface area contributed by atoms with Gasteiger partial charge in [0.2, 0.25) is 0 Å². The standard InChI is InChI=1S/C15H12FNO2/c16-13-6-4-10(8-12(13)15(18)19)11-5-3-9-2-1-7-17-14(9)11/h1-2,4,6-8,11H,3,5H2,(H,18,19). The number of aryl methyl sites for hydroxylation is 1. The number of aromatic nitrogens is 1. The van der Waals surface area contributed by atoms with Crippen LogP contribution in [-0.4, -0.2) is 16.1 Å². The number of halogens is 1. The molecule has 1 aliphatic rings. The van der Waals surface area contributed by atoms with Crippen molar-refractivity contribution >= 4 is 5.97 Å². The topological polar surface area (TPSA) is 50.2 Å². The number of carbonyl (C=O) groups is 1. The molecule has 0 fully saturated rings. The van der Waals surface area contributed by atoms with Crippen LogP contribution >= 0.6 is 0 Å². The van der Waals surface area contributed by atoms with Crippen LogP contribution in [0.5, 0.6) is 0 Å². The van der Waals surface area contributed by atoms with Gasteiger partial charge < -0.3 is 5.11 Å². The van der Waals surface area contributed by atoms with Crippen LogP contribution in [0, 0.1) is 5.82 Å². The van der Waals surface area contributed by atoms with E-state index in [2.05, 4.69) is 4.98 Å². The summed E-state index contributed by atoms with van der Waals surface area (Å²) in [6.07, 6.45) is 3.55. The Morgan fingerprint density at radius 1 is 1.37 bits per heavy atom. The van der Waals surface area contributed by atoms with Crippen LogP contribution in [0.2, 0.25) is 0 Å². The number of rotatable bonds is 2. The zero-order chi connectivity index (χ0) is 13.4. The van der Waals surface area contributed by atoms with Gasteiger partial charge in [0, 0.05) is 12.1 Å². The zero-order valence-electron chi connectivity index (χ0n) is 10.1. The van der Waals surface area contributed by atoms with Gasteiger partial charge in [0.1, 0.15) is 5.82 Å². The molecule has 4 heteroatoms. The summed E-state index contributed by atoms with van der Waals surface area (Å²) in [5.41, 5.74) is 2.71. The van der Waals surface area contributed by atoms with Crippen molar-refractivity contribution in [2.45, 2.75) is 18.8 Å². The number of hydrogen-bond donors (Lipinski definition) is 1. The van der Waals surface area contributed by atoms with E-state index in [0.717, 1.165) is 24.1 Å². The van der Waals surface area contributed by atoms with E-state index in [1.807, 2.05) is 12.1 Å². The van der Waals surface area contributed by atoms with Gasteiger partial charge in [-0.1, -0.05) is 12.1 Å². The van der Waals surface area contributed by atoms with Gasteiger partial charge in [0.25, 0.3) is 0 Å². The van der Waals surface area contributed by atoms with Crippen LogP contribution in [0.15, 0.2) is 36.5 Å². The Balaban J connectivity index is 2.05. The number of pyridine rings is 1. The van der Waals surface area contributed by atoms with E-state index < -0.39 is 11.8 Å². The highest BCUT2D eigenvalue weighted by molar-refractivity contribution is 5.88. The molecule has 0 bridgehead atoms. The molecule has 0 amide bonds. The van der Waals surface area contributed by atoms with Gasteiger partial charge in [0.15, 0.2) is 0 Å². The third-order valence-electron chi connectivity index (χ3n) is 3.58. The maximum absolute atomic E-state index is 13.4. The summed E-state index contributed by atoms with van der Waals surface area (Å²) in [5, 5.41) is 8.97. The average Bonchev–Trinajstić information content (AvgIpc) is 2.83. The smallest absolute Gasteiger partial charge is 0.338 e. The molecule has 1 N–H and O–H groups in total. The number of benzene rings is 1. The van der Waals surface area contributed by atoms with Crippen molar-refractivity contribution in [2.24, 2.45) is 0 Å². The first-order chi connectivity index (χ1) is 9.16. The number of hydrogen-bond acceptors (Lipinski definition) is 2. The van der Waals surface area contributed by atoms with Crippen LogP contribution in [0.1, 0.15) is 39.5 Å². The van der Waals surface area contributed by atoms with Crippen molar-refractivity contribution in [1.29, 1.82) is 0 Å². The first-order valence-electron chi connectivity index (χ1n) is 6.13. The Hall–Kier alpha value is -2.23. The Labute approximate surface area is 109 Å². The largest absolute Gasteiger partial charge is 0.478 e. The van der Waals surface area contributed by atoms with Crippen LogP contribution < -0.4 is 0 Å². The van der Waals surface area contributed by atoms with Gasteiger partial charge >= 0.3 is 5.97 Å². The molecule has 1 aliphatic carbocycles. The van der Waals surface area contributed by atoms with E-state index in [1.54, 1.807) is 12.3 Å². The SMILES string of the molecule is O=C(O)c1cc(C2CCc3cccnc32)ccc1F. The summed E-state index contributed by atoms with van der Waals surface area (Å²) in [6.45, 7) is 0. The first kappa shape index (κ1) is 11.8. The third kappa shape index (κ3) is 1.99. The second-order valence-corrected chi connectivity index (χ2v) is 4.68. The van der Waals surface area contributed by atoms with Crippen LogP contribution in [0.3, 0.4) is 0 Å². The highest BCUT2D eigenvalue weighted by Crippen LogP contribution is 2.36. The summed E-state index contributed by atoms with van der Waals surface area (Å²) in [7, 11) is 0. The molecular formula is C15H12FNO2. The van der Waals surface area contributed by atoms with E-state index in [0.29, 0.717) is 0 Å². The van der Waals surface area contributed by atoms with Crippen molar-refractivity contribution in [2.75, 3.05) is 0 Å². The Morgan fingerprint density at radius 3 is 3.00 bits per heavy atom. The van der Waals surface area contributed by atoms with E-state index in [9.17, 15) is 9.18 Å². The molecule has 19 heavy (non-hydrogen) atoms. The lowest BCUT2D eigenvalue weighted by Gasteiger charge is -2.12. The minimum absolute atomic E-state index is 0.0647. The summed E-state index contributed by atoms with van der Waals surface area (Å²) in [5.74, 6) is -1.87. The second-order valence-electron chi connectivity index (χ2n) is 4.68. The van der Waals surface area contributed by atoms with E-state index in [-0.39, 0.29) is 11.5 Å². The zero-order valence-corrected chi connectivity index (χ0v) is 10.1. The Kier molecular flexibility index (Phi) is 2.78. The minimum atomic E-state index is -1.24. The highest BCUT2D eigenvalue weighted by Gasteiger charge is 2.26. The van der Waals surface area contributed by atoms with Crippen molar-refractivity contribution in [3.05, 3.63) is 64.7 Å². The molecule has 0 radical (unpaired) electrons. The molecule has 1 unspecified atom stereocenters. The molecule has 1 heterocycles. The fourth-order valence-corrected chi connectivity index (χ4v) is 2.66. The number of fused-ring (bicyclic) bond motifs is 1. The van der Waals surface area contributed by atoms with Gasteiger partial charge in [0.05, 0.1) is 11.3 Å². The third-order valence-corrected chi connectivity index (χ3v) is 3.58. The fourth-order valence-electron chi connectivity index (χ4n) is 2.66. The molecule has 1 atom stereocenters. The number of nitrogens with zero attached hydrogens (tertiary/aromatic N) is 1. The maximum Gasteiger partial charge on any atom is 0.338 e. The summed E-state index contributed by atoms with van der Waals surface area (Å²) in [6, 6.07) is 8.22. The van der Waals surface area contributed by atoms with Crippen molar-refractivity contribution in [1.82, 2.24) is 4.98 Å². The summed E-state index contributed by atoms with van der Waals surface area (Å²) >= 11 is 0. The minimum Gasteiger partial charge on any atom is -0.478 e. The molecule has 96 valence electrons. The molecule has 0 saturated heterocycles. The predicted molar refractivity (Wildman–Crippen MR) is 67.8 cm³/mol.